The molecule has 7 nitrogen and oxygen atoms in total. The number of allylic oxidation sites excluding steroid dienone is 3. The predicted octanol–water partition coefficient (Wildman–Crippen LogP) is 4.68. The van der Waals surface area contributed by atoms with Crippen molar-refractivity contribution in [1.29, 1.82) is 0 Å². The van der Waals surface area contributed by atoms with Crippen molar-refractivity contribution < 1.29 is 33.6 Å². The SMILES string of the molecule is CCOC(=O)C1=CC(=C2CCC(=O)CC2)c2c(cc3c(c2OC)CC(C(C)(O)C2CCCC2)O3)O1. The molecule has 0 aromatic heterocycles. The first-order valence-electron chi connectivity index (χ1n) is 12.8. The summed E-state index contributed by atoms with van der Waals surface area (Å²) in [6.07, 6.45) is 8.38. The van der Waals surface area contributed by atoms with Crippen LogP contribution in [0.25, 0.3) is 5.57 Å². The molecule has 0 bridgehead atoms. The van der Waals surface area contributed by atoms with Gasteiger partial charge in [-0.15, -0.1) is 0 Å². The molecule has 0 amide bonds. The second-order valence-corrected chi connectivity index (χ2v) is 10.2. The van der Waals surface area contributed by atoms with E-state index in [1.165, 1.54) is 0 Å². The standard InChI is InChI=1S/C28H34O7/c1-4-33-27(30)23-13-19(16-9-11-18(29)12-10-16)25-22(34-23)15-21-20(26(25)32-3)14-24(35-21)28(2,31)17-7-5-6-8-17/h13,15,17,24,31H,4-12,14H2,1-3H3. The lowest BCUT2D eigenvalue weighted by atomic mass is 9.81. The summed E-state index contributed by atoms with van der Waals surface area (Å²) < 4.78 is 23.5. The number of carbonyl (C=O) groups is 2. The summed E-state index contributed by atoms with van der Waals surface area (Å²) in [6, 6.07) is 1.80. The lowest BCUT2D eigenvalue weighted by Gasteiger charge is -2.35. The predicted molar refractivity (Wildman–Crippen MR) is 129 cm³/mol. The summed E-state index contributed by atoms with van der Waals surface area (Å²) in [6.45, 7) is 3.87. The Morgan fingerprint density at radius 3 is 2.54 bits per heavy atom. The van der Waals surface area contributed by atoms with Crippen LogP contribution in [0, 0.1) is 5.92 Å². The van der Waals surface area contributed by atoms with E-state index in [1.54, 1.807) is 26.2 Å². The Morgan fingerprint density at radius 2 is 1.89 bits per heavy atom. The first kappa shape index (κ1) is 23.9. The minimum atomic E-state index is -0.957. The number of fused-ring (bicyclic) bond motifs is 2. The number of carbonyl (C=O) groups excluding carboxylic acids is 2. The van der Waals surface area contributed by atoms with Crippen molar-refractivity contribution in [3.05, 3.63) is 34.6 Å². The molecular formula is C28H34O7. The van der Waals surface area contributed by atoms with Crippen molar-refractivity contribution in [2.45, 2.75) is 83.3 Å². The van der Waals surface area contributed by atoms with E-state index in [0.717, 1.165) is 48.0 Å². The average Bonchev–Trinajstić information content (AvgIpc) is 3.53. The minimum absolute atomic E-state index is 0.105. The van der Waals surface area contributed by atoms with Gasteiger partial charge in [-0.2, -0.15) is 0 Å². The summed E-state index contributed by atoms with van der Waals surface area (Å²) in [7, 11) is 1.62. The molecular weight excluding hydrogens is 448 g/mol. The molecule has 2 fully saturated rings. The minimum Gasteiger partial charge on any atom is -0.496 e. The number of benzene rings is 1. The number of rotatable bonds is 5. The van der Waals surface area contributed by atoms with Gasteiger partial charge in [0.1, 0.15) is 34.7 Å². The van der Waals surface area contributed by atoms with Crippen molar-refractivity contribution in [3.63, 3.8) is 0 Å². The molecule has 2 aliphatic carbocycles. The van der Waals surface area contributed by atoms with Crippen molar-refractivity contribution in [2.24, 2.45) is 5.92 Å². The molecule has 1 aromatic carbocycles. The number of hydrogen-bond donors (Lipinski definition) is 1. The van der Waals surface area contributed by atoms with Crippen molar-refractivity contribution >= 4 is 17.3 Å². The van der Waals surface area contributed by atoms with E-state index in [4.69, 9.17) is 18.9 Å². The zero-order chi connectivity index (χ0) is 24.7. The highest BCUT2D eigenvalue weighted by Gasteiger charge is 2.47. The number of ketones is 1. The van der Waals surface area contributed by atoms with E-state index in [0.29, 0.717) is 49.4 Å². The molecule has 2 unspecified atom stereocenters. The first-order chi connectivity index (χ1) is 16.8. The molecule has 7 heteroatoms. The van der Waals surface area contributed by atoms with E-state index >= 15 is 0 Å². The van der Waals surface area contributed by atoms with Crippen LogP contribution in [0.3, 0.4) is 0 Å². The molecule has 0 saturated heterocycles. The van der Waals surface area contributed by atoms with Gasteiger partial charge in [-0.3, -0.25) is 4.79 Å². The third kappa shape index (κ3) is 4.24. The normalized spacial score (nSPS) is 23.6. The van der Waals surface area contributed by atoms with Gasteiger partial charge < -0.3 is 24.1 Å². The molecule has 1 aromatic rings. The van der Waals surface area contributed by atoms with Crippen LogP contribution in [0.4, 0.5) is 0 Å². The molecule has 2 aliphatic heterocycles. The first-order valence-corrected chi connectivity index (χ1v) is 12.8. The van der Waals surface area contributed by atoms with Gasteiger partial charge in [0.15, 0.2) is 0 Å². The lowest BCUT2D eigenvalue weighted by Crippen LogP contribution is -2.47. The number of aliphatic hydroxyl groups is 1. The van der Waals surface area contributed by atoms with Crippen molar-refractivity contribution in [3.8, 4) is 17.2 Å². The van der Waals surface area contributed by atoms with Gasteiger partial charge in [0.2, 0.25) is 5.76 Å². The van der Waals surface area contributed by atoms with Crippen LogP contribution in [-0.4, -0.2) is 42.3 Å². The van der Waals surface area contributed by atoms with Gasteiger partial charge in [-0.1, -0.05) is 18.4 Å². The van der Waals surface area contributed by atoms with E-state index in [9.17, 15) is 14.7 Å². The maximum Gasteiger partial charge on any atom is 0.374 e. The number of Topliss-reactive ketones (excluding diaryl/α,β-unsaturated/α-hetero) is 1. The molecule has 0 radical (unpaired) electrons. The third-order valence-electron chi connectivity index (χ3n) is 8.04. The summed E-state index contributed by atoms with van der Waals surface area (Å²) in [5, 5.41) is 11.5. The van der Waals surface area contributed by atoms with E-state index in [1.807, 2.05) is 6.92 Å². The average molecular weight is 483 g/mol. The van der Waals surface area contributed by atoms with Crippen LogP contribution in [0.2, 0.25) is 0 Å². The fourth-order valence-corrected chi connectivity index (χ4v) is 6.02. The van der Waals surface area contributed by atoms with Crippen LogP contribution in [-0.2, 0) is 20.7 Å². The number of esters is 1. The summed E-state index contributed by atoms with van der Waals surface area (Å²) in [5.74, 6) is 1.74. The lowest BCUT2D eigenvalue weighted by molar-refractivity contribution is -0.141. The Balaban J connectivity index is 1.58. The fourth-order valence-electron chi connectivity index (χ4n) is 6.02. The Morgan fingerprint density at radius 1 is 1.17 bits per heavy atom. The Labute approximate surface area is 206 Å². The van der Waals surface area contributed by atoms with Gasteiger partial charge in [0.25, 0.3) is 0 Å². The second kappa shape index (κ2) is 9.34. The van der Waals surface area contributed by atoms with Crippen LogP contribution in [0.5, 0.6) is 17.2 Å². The van der Waals surface area contributed by atoms with Crippen LogP contribution in [0.15, 0.2) is 23.5 Å². The quantitative estimate of drug-likeness (QED) is 0.610. The number of methoxy groups -OCH3 is 1. The van der Waals surface area contributed by atoms with Gasteiger partial charge in [-0.05, 0) is 57.1 Å². The van der Waals surface area contributed by atoms with Gasteiger partial charge in [0, 0.05) is 30.9 Å². The highest BCUT2D eigenvalue weighted by molar-refractivity contribution is 5.97. The van der Waals surface area contributed by atoms with Crippen LogP contribution in [0.1, 0.15) is 76.3 Å². The molecule has 0 spiro atoms. The van der Waals surface area contributed by atoms with E-state index in [2.05, 4.69) is 0 Å². The van der Waals surface area contributed by atoms with Crippen molar-refractivity contribution in [1.82, 2.24) is 0 Å². The van der Waals surface area contributed by atoms with Gasteiger partial charge >= 0.3 is 5.97 Å². The molecule has 2 heterocycles. The van der Waals surface area contributed by atoms with Gasteiger partial charge in [0.05, 0.1) is 19.3 Å². The zero-order valence-electron chi connectivity index (χ0n) is 20.8. The monoisotopic (exact) mass is 482 g/mol. The summed E-state index contributed by atoms with van der Waals surface area (Å²) in [5.41, 5.74) is 2.67. The maximum atomic E-state index is 12.6. The zero-order valence-corrected chi connectivity index (χ0v) is 20.8. The second-order valence-electron chi connectivity index (χ2n) is 10.2. The molecule has 2 saturated carbocycles. The Hall–Kier alpha value is -2.80. The highest BCUT2D eigenvalue weighted by atomic mass is 16.6. The third-order valence-corrected chi connectivity index (χ3v) is 8.04. The molecule has 1 N–H and O–H groups in total. The Kier molecular flexibility index (Phi) is 6.38. The summed E-state index contributed by atoms with van der Waals surface area (Å²) >= 11 is 0. The summed E-state index contributed by atoms with van der Waals surface area (Å²) in [4.78, 5) is 24.5. The number of hydrogen-bond acceptors (Lipinski definition) is 7. The molecule has 2 atom stereocenters. The number of ether oxygens (including phenoxy) is 4. The van der Waals surface area contributed by atoms with Crippen LogP contribution < -0.4 is 14.2 Å². The molecule has 188 valence electrons. The Bertz CT molecular complexity index is 1090. The van der Waals surface area contributed by atoms with E-state index in [-0.39, 0.29) is 30.2 Å². The highest BCUT2D eigenvalue weighted by Crippen LogP contribution is 2.52. The fraction of sp³-hybridized carbons (Fsp3) is 0.571. The molecule has 5 rings (SSSR count). The van der Waals surface area contributed by atoms with Gasteiger partial charge in [-0.25, -0.2) is 4.79 Å². The maximum absolute atomic E-state index is 12.6. The molecule has 4 aliphatic rings. The topological polar surface area (TPSA) is 91.3 Å². The largest absolute Gasteiger partial charge is 0.496 e. The van der Waals surface area contributed by atoms with Crippen molar-refractivity contribution in [2.75, 3.05) is 13.7 Å². The smallest absolute Gasteiger partial charge is 0.374 e. The van der Waals surface area contributed by atoms with E-state index < -0.39 is 11.6 Å². The van der Waals surface area contributed by atoms with Crippen LogP contribution >= 0.6 is 0 Å². The molecule has 35 heavy (non-hydrogen) atoms.